The molecule has 0 bridgehead atoms. The molecule has 3 rings (SSSR count). The summed E-state index contributed by atoms with van der Waals surface area (Å²) in [5.41, 5.74) is 2.17. The number of nitrogens with zero attached hydrogens (tertiary/aromatic N) is 2. The fourth-order valence-corrected chi connectivity index (χ4v) is 4.74. The summed E-state index contributed by atoms with van der Waals surface area (Å²) in [5.74, 6) is 3.12. The van der Waals surface area contributed by atoms with E-state index in [1.807, 2.05) is 12.1 Å². The molecule has 124 valence electrons. The molecule has 2 heteroatoms. The van der Waals surface area contributed by atoms with Crippen LogP contribution in [0.3, 0.4) is 0 Å². The summed E-state index contributed by atoms with van der Waals surface area (Å²) < 4.78 is 0. The Morgan fingerprint density at radius 3 is 1.92 bits per heavy atom. The number of rotatable bonds is 3. The van der Waals surface area contributed by atoms with Gasteiger partial charge in [0.25, 0.3) is 0 Å². The molecule has 2 fully saturated rings. The molecule has 0 atom stereocenters. The summed E-state index contributed by atoms with van der Waals surface area (Å²) in [6.45, 7) is 0. The Kier molecular flexibility index (Phi) is 5.71. The van der Waals surface area contributed by atoms with Gasteiger partial charge in [-0.2, -0.15) is 10.5 Å². The van der Waals surface area contributed by atoms with Crippen molar-refractivity contribution in [3.05, 3.63) is 47.5 Å². The fourth-order valence-electron chi connectivity index (χ4n) is 4.74. The Balaban J connectivity index is 1.48. The number of hydrogen-bond acceptors (Lipinski definition) is 2. The van der Waals surface area contributed by atoms with Crippen LogP contribution >= 0.6 is 0 Å². The first-order chi connectivity index (χ1) is 11.8. The van der Waals surface area contributed by atoms with E-state index in [-0.39, 0.29) is 0 Å². The van der Waals surface area contributed by atoms with Crippen molar-refractivity contribution in [1.29, 1.82) is 10.5 Å². The number of hydrogen-bond donors (Lipinski definition) is 0. The molecular weight excluding hydrogens is 292 g/mol. The standard InChI is InChI=1S/C22H26N2/c23-15-1-2-17-3-7-19(8-4-17)21-11-13-22(14-12-21)20-9-5-18(16-24)6-10-20/h1-2,5-6,9-10,17,19,21-22H,3-4,7-8,11-14H2. The van der Waals surface area contributed by atoms with Gasteiger partial charge in [-0.15, -0.1) is 0 Å². The van der Waals surface area contributed by atoms with Crippen LogP contribution in [-0.2, 0) is 0 Å². The maximum Gasteiger partial charge on any atom is 0.0991 e. The molecule has 2 aliphatic carbocycles. The average molecular weight is 318 g/mol. The van der Waals surface area contributed by atoms with Crippen LogP contribution in [0.5, 0.6) is 0 Å². The van der Waals surface area contributed by atoms with E-state index in [0.717, 1.165) is 17.4 Å². The average Bonchev–Trinajstić information content (AvgIpc) is 2.67. The van der Waals surface area contributed by atoms with Crippen LogP contribution in [0, 0.1) is 40.4 Å². The van der Waals surface area contributed by atoms with Gasteiger partial charge in [-0.3, -0.25) is 0 Å². The molecule has 24 heavy (non-hydrogen) atoms. The summed E-state index contributed by atoms with van der Waals surface area (Å²) >= 11 is 0. The molecule has 0 N–H and O–H groups in total. The lowest BCUT2D eigenvalue weighted by molar-refractivity contribution is 0.171. The van der Waals surface area contributed by atoms with E-state index in [0.29, 0.717) is 11.8 Å². The molecular formula is C22H26N2. The van der Waals surface area contributed by atoms with Crippen LogP contribution in [0.2, 0.25) is 0 Å². The molecule has 1 aromatic rings. The van der Waals surface area contributed by atoms with Gasteiger partial charge in [-0.25, -0.2) is 0 Å². The summed E-state index contributed by atoms with van der Waals surface area (Å²) in [6.07, 6.45) is 14.3. The molecule has 0 spiro atoms. The minimum atomic E-state index is 0.635. The lowest BCUT2D eigenvalue weighted by Gasteiger charge is -2.37. The summed E-state index contributed by atoms with van der Waals surface area (Å²) in [5, 5.41) is 17.6. The highest BCUT2D eigenvalue weighted by Gasteiger charge is 2.30. The minimum absolute atomic E-state index is 0.635. The third kappa shape index (κ3) is 4.07. The van der Waals surface area contributed by atoms with Gasteiger partial charge in [-0.1, -0.05) is 18.2 Å². The second-order valence-electron chi connectivity index (χ2n) is 7.51. The molecule has 2 nitrogen and oxygen atoms in total. The van der Waals surface area contributed by atoms with Crippen molar-refractivity contribution in [2.45, 2.75) is 57.3 Å². The van der Waals surface area contributed by atoms with E-state index < -0.39 is 0 Å². The normalized spacial score (nSPS) is 30.6. The van der Waals surface area contributed by atoms with Crippen LogP contribution < -0.4 is 0 Å². The second-order valence-corrected chi connectivity index (χ2v) is 7.51. The van der Waals surface area contributed by atoms with Crippen molar-refractivity contribution in [1.82, 2.24) is 0 Å². The van der Waals surface area contributed by atoms with Crippen LogP contribution in [0.15, 0.2) is 36.4 Å². The van der Waals surface area contributed by atoms with E-state index in [1.165, 1.54) is 56.9 Å². The lowest BCUT2D eigenvalue weighted by atomic mass is 9.68. The zero-order chi connectivity index (χ0) is 16.8. The van der Waals surface area contributed by atoms with Crippen LogP contribution in [0.1, 0.15) is 68.4 Å². The van der Waals surface area contributed by atoms with Gasteiger partial charge in [0.15, 0.2) is 0 Å². The first-order valence-electron chi connectivity index (χ1n) is 9.36. The van der Waals surface area contributed by atoms with Gasteiger partial charge < -0.3 is 0 Å². The topological polar surface area (TPSA) is 47.6 Å². The molecule has 0 aliphatic heterocycles. The van der Waals surface area contributed by atoms with Gasteiger partial charge >= 0.3 is 0 Å². The third-order valence-electron chi connectivity index (χ3n) is 6.21. The van der Waals surface area contributed by atoms with E-state index >= 15 is 0 Å². The smallest absolute Gasteiger partial charge is 0.0991 e. The minimum Gasteiger partial charge on any atom is -0.193 e. The Morgan fingerprint density at radius 2 is 1.38 bits per heavy atom. The summed E-state index contributed by atoms with van der Waals surface area (Å²) in [7, 11) is 0. The molecule has 0 radical (unpaired) electrons. The van der Waals surface area contributed by atoms with Gasteiger partial charge in [0.05, 0.1) is 17.7 Å². The second kappa shape index (κ2) is 8.16. The molecule has 0 unspecified atom stereocenters. The quantitative estimate of drug-likeness (QED) is 0.669. The summed E-state index contributed by atoms with van der Waals surface area (Å²) in [6, 6.07) is 12.5. The van der Waals surface area contributed by atoms with E-state index in [1.54, 1.807) is 6.08 Å². The largest absolute Gasteiger partial charge is 0.193 e. The van der Waals surface area contributed by atoms with Crippen LogP contribution in [0.25, 0.3) is 0 Å². The van der Waals surface area contributed by atoms with Crippen molar-refractivity contribution in [3.8, 4) is 12.1 Å². The predicted octanol–water partition coefficient (Wildman–Crippen LogP) is 5.72. The highest BCUT2D eigenvalue weighted by molar-refractivity contribution is 5.33. The van der Waals surface area contributed by atoms with Crippen molar-refractivity contribution in [2.24, 2.45) is 17.8 Å². The number of allylic oxidation sites excluding steroid dienone is 2. The SMILES string of the molecule is N#CC=CC1CCC(C2CCC(c3ccc(C#N)cc3)CC2)CC1. The predicted molar refractivity (Wildman–Crippen MR) is 96.1 cm³/mol. The maximum absolute atomic E-state index is 8.91. The number of nitriles is 2. The fraction of sp³-hybridized carbons (Fsp3) is 0.545. The Hall–Kier alpha value is -2.06. The molecule has 0 heterocycles. The third-order valence-corrected chi connectivity index (χ3v) is 6.21. The Labute approximate surface area is 145 Å². The highest BCUT2D eigenvalue weighted by Crippen LogP contribution is 2.44. The van der Waals surface area contributed by atoms with Crippen LogP contribution in [0.4, 0.5) is 0 Å². The zero-order valence-corrected chi connectivity index (χ0v) is 14.3. The zero-order valence-electron chi connectivity index (χ0n) is 14.3. The first-order valence-corrected chi connectivity index (χ1v) is 9.36. The van der Waals surface area contributed by atoms with Crippen LogP contribution in [-0.4, -0.2) is 0 Å². The lowest BCUT2D eigenvalue weighted by Crippen LogP contribution is -2.25. The van der Waals surface area contributed by atoms with Crippen molar-refractivity contribution >= 4 is 0 Å². The first kappa shape index (κ1) is 16.8. The summed E-state index contributed by atoms with van der Waals surface area (Å²) in [4.78, 5) is 0. The van der Waals surface area contributed by atoms with Gasteiger partial charge in [-0.05, 0) is 92.7 Å². The van der Waals surface area contributed by atoms with Crippen molar-refractivity contribution in [3.63, 3.8) is 0 Å². The van der Waals surface area contributed by atoms with E-state index in [4.69, 9.17) is 10.5 Å². The molecule has 1 aromatic carbocycles. The van der Waals surface area contributed by atoms with Gasteiger partial charge in [0.2, 0.25) is 0 Å². The highest BCUT2D eigenvalue weighted by atomic mass is 14.4. The molecule has 2 saturated carbocycles. The monoisotopic (exact) mass is 318 g/mol. The Morgan fingerprint density at radius 1 is 0.792 bits per heavy atom. The van der Waals surface area contributed by atoms with Crippen molar-refractivity contribution < 1.29 is 0 Å². The molecule has 2 aliphatic rings. The molecule has 0 saturated heterocycles. The van der Waals surface area contributed by atoms with E-state index in [9.17, 15) is 0 Å². The Bertz CT molecular complexity index is 628. The van der Waals surface area contributed by atoms with E-state index in [2.05, 4.69) is 30.3 Å². The van der Waals surface area contributed by atoms with Gasteiger partial charge in [0.1, 0.15) is 0 Å². The number of benzene rings is 1. The molecule has 0 aromatic heterocycles. The maximum atomic E-state index is 8.91. The molecule has 0 amide bonds. The van der Waals surface area contributed by atoms with Gasteiger partial charge in [0, 0.05) is 6.08 Å². The van der Waals surface area contributed by atoms with Crippen molar-refractivity contribution in [2.75, 3.05) is 0 Å².